The molecule has 0 saturated heterocycles. The van der Waals surface area contributed by atoms with E-state index in [1.54, 1.807) is 0 Å². The van der Waals surface area contributed by atoms with Gasteiger partial charge in [0.2, 0.25) is 10.0 Å². The zero-order valence-electron chi connectivity index (χ0n) is 11.3. The summed E-state index contributed by atoms with van der Waals surface area (Å²) in [5, 5.41) is 3.59. The highest BCUT2D eigenvalue weighted by Gasteiger charge is 2.08. The van der Waals surface area contributed by atoms with Crippen molar-refractivity contribution >= 4 is 27.4 Å². The lowest BCUT2D eigenvalue weighted by Gasteiger charge is -2.10. The first-order chi connectivity index (χ1) is 8.83. The van der Waals surface area contributed by atoms with E-state index in [1.807, 2.05) is 13.8 Å². The predicted octanol–water partition coefficient (Wildman–Crippen LogP) is 1.35. The van der Waals surface area contributed by atoms with Gasteiger partial charge in [-0.2, -0.15) is 0 Å². The molecule has 0 aromatic carbocycles. The van der Waals surface area contributed by atoms with Gasteiger partial charge in [-0.3, -0.25) is 0 Å². The molecule has 0 aliphatic rings. The Hall–Kier alpha value is -0.920. The molecule has 1 aromatic heterocycles. The Labute approximate surface area is 119 Å². The highest BCUT2D eigenvalue weighted by atomic mass is 35.5. The molecule has 0 radical (unpaired) electrons. The molecule has 1 rings (SSSR count). The molecule has 0 spiro atoms. The molecule has 19 heavy (non-hydrogen) atoms. The maximum atomic E-state index is 10.9. The van der Waals surface area contributed by atoms with Crippen molar-refractivity contribution in [3.05, 3.63) is 16.5 Å². The van der Waals surface area contributed by atoms with Gasteiger partial charge in [0.25, 0.3) is 0 Å². The molecule has 2 N–H and O–H groups in total. The number of hydrogen-bond acceptors (Lipinski definition) is 5. The largest absolute Gasteiger partial charge is 0.370 e. The van der Waals surface area contributed by atoms with Gasteiger partial charge < -0.3 is 5.32 Å². The Balaban J connectivity index is 2.51. The number of nitrogens with zero attached hydrogens (tertiary/aromatic N) is 2. The molecule has 0 bridgehead atoms. The van der Waals surface area contributed by atoms with Gasteiger partial charge in [-0.25, -0.2) is 23.1 Å². The zero-order valence-corrected chi connectivity index (χ0v) is 12.9. The molecule has 6 nitrogen and oxygen atoms in total. The summed E-state index contributed by atoms with van der Waals surface area (Å²) in [5.74, 6) is 1.39. The normalized spacial score (nSPS) is 11.6. The number of hydrogen-bond donors (Lipinski definition) is 2. The molecule has 0 unspecified atom stereocenters. The maximum Gasteiger partial charge on any atom is 0.208 e. The molecule has 0 aliphatic heterocycles. The number of anilines is 1. The number of aryl methyl sites for hydroxylation is 1. The van der Waals surface area contributed by atoms with Gasteiger partial charge in [0.05, 0.1) is 6.26 Å². The molecule has 1 heterocycles. The number of rotatable bonds is 7. The highest BCUT2D eigenvalue weighted by Crippen LogP contribution is 2.19. The average Bonchev–Trinajstić information content (AvgIpc) is 2.32. The SMILES string of the molecule is CCc1nc(Cl)c(C)c(NCCCNS(C)(=O)=O)n1. The third-order valence-corrected chi connectivity index (χ3v) is 3.56. The van der Waals surface area contributed by atoms with Crippen LogP contribution in [-0.2, 0) is 16.4 Å². The third-order valence-electron chi connectivity index (χ3n) is 2.46. The lowest BCUT2D eigenvalue weighted by atomic mass is 10.3. The zero-order chi connectivity index (χ0) is 14.5. The van der Waals surface area contributed by atoms with Crippen molar-refractivity contribution in [2.75, 3.05) is 24.7 Å². The summed E-state index contributed by atoms with van der Waals surface area (Å²) in [5.41, 5.74) is 0.801. The molecule has 108 valence electrons. The standard InChI is InChI=1S/C11H19ClN4O2S/c1-4-9-15-10(12)8(2)11(16-9)13-6-5-7-14-19(3,17)18/h14H,4-7H2,1-3H3,(H,13,15,16). The first kappa shape index (κ1) is 16.1. The molecule has 0 saturated carbocycles. The lowest BCUT2D eigenvalue weighted by molar-refractivity contribution is 0.586. The smallest absolute Gasteiger partial charge is 0.208 e. The summed E-state index contributed by atoms with van der Waals surface area (Å²) < 4.78 is 24.2. The Bertz CT molecular complexity index is 534. The second kappa shape index (κ2) is 7.02. The lowest BCUT2D eigenvalue weighted by Crippen LogP contribution is -2.24. The molecule has 0 amide bonds. The molecule has 8 heteroatoms. The van der Waals surface area contributed by atoms with Crippen molar-refractivity contribution in [1.29, 1.82) is 0 Å². The minimum absolute atomic E-state index is 0.393. The first-order valence-corrected chi connectivity index (χ1v) is 8.32. The Morgan fingerprint density at radius 3 is 2.53 bits per heavy atom. The minimum Gasteiger partial charge on any atom is -0.370 e. The van der Waals surface area contributed by atoms with Gasteiger partial charge in [-0.1, -0.05) is 18.5 Å². The van der Waals surface area contributed by atoms with Crippen molar-refractivity contribution in [2.45, 2.75) is 26.7 Å². The Kier molecular flexibility index (Phi) is 5.96. The van der Waals surface area contributed by atoms with Gasteiger partial charge >= 0.3 is 0 Å². The van der Waals surface area contributed by atoms with E-state index in [9.17, 15) is 8.42 Å². The predicted molar refractivity (Wildman–Crippen MR) is 77.1 cm³/mol. The van der Waals surface area contributed by atoms with Gasteiger partial charge in [-0.05, 0) is 13.3 Å². The first-order valence-electron chi connectivity index (χ1n) is 6.05. The number of nitrogens with one attached hydrogen (secondary N) is 2. The molecule has 0 atom stereocenters. The van der Waals surface area contributed by atoms with Crippen LogP contribution in [0.4, 0.5) is 5.82 Å². The number of aromatic nitrogens is 2. The second-order valence-electron chi connectivity index (χ2n) is 4.20. The summed E-state index contributed by atoms with van der Waals surface area (Å²) in [7, 11) is -3.12. The van der Waals surface area contributed by atoms with E-state index in [4.69, 9.17) is 11.6 Å². The van der Waals surface area contributed by atoms with Gasteiger partial charge in [-0.15, -0.1) is 0 Å². The van der Waals surface area contributed by atoms with E-state index in [-0.39, 0.29) is 0 Å². The van der Waals surface area contributed by atoms with Crippen LogP contribution in [0.25, 0.3) is 0 Å². The quantitative estimate of drug-likeness (QED) is 0.587. The van der Waals surface area contributed by atoms with Crippen molar-refractivity contribution < 1.29 is 8.42 Å². The van der Waals surface area contributed by atoms with Gasteiger partial charge in [0, 0.05) is 25.1 Å². The van der Waals surface area contributed by atoms with Crippen molar-refractivity contribution in [3.8, 4) is 0 Å². The molecular formula is C11H19ClN4O2S. The van der Waals surface area contributed by atoms with Crippen molar-refractivity contribution in [2.24, 2.45) is 0 Å². The fourth-order valence-electron chi connectivity index (χ4n) is 1.42. The fraction of sp³-hybridized carbons (Fsp3) is 0.636. The van der Waals surface area contributed by atoms with Gasteiger partial charge in [0.1, 0.15) is 16.8 Å². The molecule has 0 aliphatic carbocycles. The van der Waals surface area contributed by atoms with Crippen LogP contribution in [0, 0.1) is 6.92 Å². The summed E-state index contributed by atoms with van der Waals surface area (Å²) >= 11 is 6.01. The van der Waals surface area contributed by atoms with Crippen LogP contribution in [0.3, 0.4) is 0 Å². The van der Waals surface area contributed by atoms with E-state index in [1.165, 1.54) is 0 Å². The fourth-order valence-corrected chi connectivity index (χ4v) is 2.12. The summed E-state index contributed by atoms with van der Waals surface area (Å²) in [4.78, 5) is 8.50. The third kappa shape index (κ3) is 5.71. The van der Waals surface area contributed by atoms with E-state index < -0.39 is 10.0 Å². The number of halogens is 1. The highest BCUT2D eigenvalue weighted by molar-refractivity contribution is 7.88. The van der Waals surface area contributed by atoms with Crippen LogP contribution in [0.1, 0.15) is 24.7 Å². The molecule has 1 aromatic rings. The van der Waals surface area contributed by atoms with E-state index in [2.05, 4.69) is 20.0 Å². The summed E-state index contributed by atoms with van der Waals surface area (Å²) in [6.45, 7) is 4.81. The van der Waals surface area contributed by atoms with Crippen LogP contribution in [-0.4, -0.2) is 37.7 Å². The van der Waals surface area contributed by atoms with E-state index in [0.717, 1.165) is 11.8 Å². The van der Waals surface area contributed by atoms with Crippen LogP contribution >= 0.6 is 11.6 Å². The van der Waals surface area contributed by atoms with E-state index in [0.29, 0.717) is 42.7 Å². The van der Waals surface area contributed by atoms with Crippen LogP contribution in [0.5, 0.6) is 0 Å². The maximum absolute atomic E-state index is 10.9. The minimum atomic E-state index is -3.12. The van der Waals surface area contributed by atoms with Crippen LogP contribution in [0.2, 0.25) is 5.15 Å². The van der Waals surface area contributed by atoms with Crippen LogP contribution in [0.15, 0.2) is 0 Å². The van der Waals surface area contributed by atoms with Gasteiger partial charge in [0.15, 0.2) is 0 Å². The number of sulfonamides is 1. The summed E-state index contributed by atoms with van der Waals surface area (Å²) in [6, 6.07) is 0. The van der Waals surface area contributed by atoms with E-state index >= 15 is 0 Å². The summed E-state index contributed by atoms with van der Waals surface area (Å²) in [6.07, 6.45) is 2.52. The average molecular weight is 307 g/mol. The molecule has 0 fully saturated rings. The van der Waals surface area contributed by atoms with Crippen molar-refractivity contribution in [3.63, 3.8) is 0 Å². The Morgan fingerprint density at radius 1 is 1.26 bits per heavy atom. The van der Waals surface area contributed by atoms with Crippen molar-refractivity contribution in [1.82, 2.24) is 14.7 Å². The van der Waals surface area contributed by atoms with Crippen LogP contribution < -0.4 is 10.0 Å². The monoisotopic (exact) mass is 306 g/mol. The topological polar surface area (TPSA) is 84.0 Å². The Morgan fingerprint density at radius 2 is 1.95 bits per heavy atom. The second-order valence-corrected chi connectivity index (χ2v) is 6.40. The molecular weight excluding hydrogens is 288 g/mol.